The van der Waals surface area contributed by atoms with E-state index in [0.717, 1.165) is 0 Å². The third-order valence-electron chi connectivity index (χ3n) is 4.87. The number of hydrogen-bond donors (Lipinski definition) is 1. The maximum Gasteiger partial charge on any atom is 0.356 e. The summed E-state index contributed by atoms with van der Waals surface area (Å²) in [6.45, 7) is 6.69. The van der Waals surface area contributed by atoms with Gasteiger partial charge in [0.05, 0.1) is 13.2 Å². The number of Topliss-reactive ketones (excluding diaryl/α,β-unsaturated/α-hetero) is 1. The number of aromatic amines is 1. The number of amides is 1. The summed E-state index contributed by atoms with van der Waals surface area (Å²) < 4.78 is 11.0. The third kappa shape index (κ3) is 3.99. The maximum absolute atomic E-state index is 13.1. The van der Waals surface area contributed by atoms with E-state index in [1.165, 1.54) is 6.92 Å². The first-order valence-corrected chi connectivity index (χ1v) is 9.22. The molecule has 1 unspecified atom stereocenters. The summed E-state index contributed by atoms with van der Waals surface area (Å²) in [5, 5.41) is 0. The van der Waals surface area contributed by atoms with Gasteiger partial charge in [-0.25, -0.2) is 4.79 Å². The minimum absolute atomic E-state index is 0.130. The second kappa shape index (κ2) is 8.39. The van der Waals surface area contributed by atoms with E-state index in [1.54, 1.807) is 43.0 Å². The van der Waals surface area contributed by atoms with Crippen LogP contribution in [0, 0.1) is 13.8 Å². The molecule has 2 aromatic rings. The minimum Gasteiger partial charge on any atom is -0.443 e. The van der Waals surface area contributed by atoms with Gasteiger partial charge in [0.2, 0.25) is 6.10 Å². The Morgan fingerprint density at radius 3 is 2.32 bits per heavy atom. The molecule has 1 aromatic carbocycles. The van der Waals surface area contributed by atoms with Crippen LogP contribution in [0.4, 0.5) is 0 Å². The normalized spacial score (nSPS) is 15.2. The van der Waals surface area contributed by atoms with Crippen molar-refractivity contribution in [3.63, 3.8) is 0 Å². The molecule has 1 saturated heterocycles. The fraction of sp³-hybridized carbons (Fsp3) is 0.381. The fourth-order valence-corrected chi connectivity index (χ4v) is 3.49. The highest BCUT2D eigenvalue weighted by atomic mass is 16.5. The van der Waals surface area contributed by atoms with Crippen molar-refractivity contribution in [3.8, 4) is 0 Å². The number of ether oxygens (including phenoxy) is 2. The summed E-state index contributed by atoms with van der Waals surface area (Å²) in [5.74, 6) is -1.08. The van der Waals surface area contributed by atoms with Gasteiger partial charge in [-0.05, 0) is 26.3 Å². The number of benzene rings is 1. The smallest absolute Gasteiger partial charge is 0.356 e. The molecule has 0 spiro atoms. The topological polar surface area (TPSA) is 88.7 Å². The zero-order valence-corrected chi connectivity index (χ0v) is 16.3. The van der Waals surface area contributed by atoms with Crippen LogP contribution in [0.3, 0.4) is 0 Å². The first kappa shape index (κ1) is 19.8. The summed E-state index contributed by atoms with van der Waals surface area (Å²) in [5.41, 5.74) is 2.40. The van der Waals surface area contributed by atoms with Gasteiger partial charge in [0.15, 0.2) is 5.78 Å². The van der Waals surface area contributed by atoms with Gasteiger partial charge in [0.1, 0.15) is 5.69 Å². The molecule has 3 rings (SSSR count). The zero-order chi connectivity index (χ0) is 20.3. The molecule has 1 N–H and O–H groups in total. The number of hydrogen-bond acceptors (Lipinski definition) is 5. The molecule has 0 saturated carbocycles. The Hall–Kier alpha value is -2.93. The van der Waals surface area contributed by atoms with Gasteiger partial charge in [-0.2, -0.15) is 0 Å². The highest BCUT2D eigenvalue weighted by Gasteiger charge is 2.32. The predicted molar refractivity (Wildman–Crippen MR) is 102 cm³/mol. The molecule has 1 amide bonds. The molecular weight excluding hydrogens is 360 g/mol. The van der Waals surface area contributed by atoms with Gasteiger partial charge >= 0.3 is 5.97 Å². The van der Waals surface area contributed by atoms with Gasteiger partial charge < -0.3 is 19.4 Å². The van der Waals surface area contributed by atoms with Gasteiger partial charge in [0, 0.05) is 29.9 Å². The predicted octanol–water partition coefficient (Wildman–Crippen LogP) is 2.59. The van der Waals surface area contributed by atoms with Crippen molar-refractivity contribution in [2.75, 3.05) is 26.3 Å². The lowest BCUT2D eigenvalue weighted by atomic mass is 10.1. The van der Waals surface area contributed by atoms with Crippen molar-refractivity contribution in [1.29, 1.82) is 0 Å². The average molecular weight is 384 g/mol. The number of rotatable bonds is 5. The largest absolute Gasteiger partial charge is 0.443 e. The summed E-state index contributed by atoms with van der Waals surface area (Å²) in [4.78, 5) is 42.3. The molecular formula is C21H24N2O5. The summed E-state index contributed by atoms with van der Waals surface area (Å²) in [7, 11) is 0. The quantitative estimate of drug-likeness (QED) is 0.632. The Balaban J connectivity index is 1.89. The molecule has 1 atom stereocenters. The number of aryl methyl sites for hydroxylation is 1. The van der Waals surface area contributed by atoms with Crippen LogP contribution in [0.1, 0.15) is 50.7 Å². The van der Waals surface area contributed by atoms with Gasteiger partial charge in [-0.1, -0.05) is 30.3 Å². The zero-order valence-electron chi connectivity index (χ0n) is 16.3. The lowest BCUT2D eigenvalue weighted by Gasteiger charge is -2.30. The Morgan fingerprint density at radius 2 is 1.75 bits per heavy atom. The highest BCUT2D eigenvalue weighted by Crippen LogP contribution is 2.25. The van der Waals surface area contributed by atoms with Crippen molar-refractivity contribution in [3.05, 3.63) is 58.4 Å². The maximum atomic E-state index is 13.1. The molecule has 2 heterocycles. The van der Waals surface area contributed by atoms with E-state index in [9.17, 15) is 14.4 Å². The number of nitrogens with zero attached hydrogens (tertiary/aromatic N) is 1. The Bertz CT molecular complexity index is 882. The highest BCUT2D eigenvalue weighted by molar-refractivity contribution is 6.01. The van der Waals surface area contributed by atoms with Crippen molar-refractivity contribution in [1.82, 2.24) is 9.88 Å². The Kier molecular flexibility index (Phi) is 5.94. The molecule has 0 aliphatic carbocycles. The first-order chi connectivity index (χ1) is 13.4. The molecule has 1 aliphatic heterocycles. The van der Waals surface area contributed by atoms with Crippen molar-refractivity contribution in [2.45, 2.75) is 26.9 Å². The molecule has 0 bridgehead atoms. The standard InChI is InChI=1S/C21H24N2O5/c1-13-17(15(3)24)14(2)22-18(13)21(26)28-19(16-7-5-4-6-8-16)20(25)23-9-11-27-12-10-23/h4-8,19,22H,9-12H2,1-3H3. The Labute approximate surface area is 163 Å². The monoisotopic (exact) mass is 384 g/mol. The van der Waals surface area contributed by atoms with Crippen LogP contribution in [-0.4, -0.2) is 53.8 Å². The number of carbonyl (C=O) groups is 3. The van der Waals surface area contributed by atoms with Crippen LogP contribution in [0.5, 0.6) is 0 Å². The molecule has 1 aromatic heterocycles. The van der Waals surface area contributed by atoms with Crippen molar-refractivity contribution < 1.29 is 23.9 Å². The molecule has 7 heteroatoms. The second-order valence-corrected chi connectivity index (χ2v) is 6.81. The van der Waals surface area contributed by atoms with Crippen molar-refractivity contribution >= 4 is 17.7 Å². The molecule has 0 radical (unpaired) electrons. The number of esters is 1. The summed E-state index contributed by atoms with van der Waals surface area (Å²) in [6.07, 6.45) is -1.06. The number of nitrogens with one attached hydrogen (secondary N) is 1. The molecule has 28 heavy (non-hydrogen) atoms. The average Bonchev–Trinajstić information content (AvgIpc) is 3.01. The van der Waals surface area contributed by atoms with Crippen LogP contribution < -0.4 is 0 Å². The van der Waals surface area contributed by atoms with Gasteiger partial charge in [-0.15, -0.1) is 0 Å². The number of morpholine rings is 1. The van der Waals surface area contributed by atoms with Crippen LogP contribution in [-0.2, 0) is 14.3 Å². The van der Waals surface area contributed by atoms with Gasteiger partial charge in [0.25, 0.3) is 5.91 Å². The van der Waals surface area contributed by atoms with Crippen LogP contribution in [0.2, 0.25) is 0 Å². The molecule has 1 aliphatic rings. The molecule has 1 fully saturated rings. The SMILES string of the molecule is CC(=O)c1c(C)[nH]c(C(=O)OC(C(=O)N2CCOCC2)c2ccccc2)c1C. The third-order valence-corrected chi connectivity index (χ3v) is 4.87. The number of H-pyrrole nitrogens is 1. The van der Waals surface area contributed by atoms with E-state index >= 15 is 0 Å². The lowest BCUT2D eigenvalue weighted by molar-refractivity contribution is -0.145. The van der Waals surface area contributed by atoms with Gasteiger partial charge in [-0.3, -0.25) is 9.59 Å². The fourth-order valence-electron chi connectivity index (χ4n) is 3.49. The van der Waals surface area contributed by atoms with Crippen LogP contribution >= 0.6 is 0 Å². The number of ketones is 1. The first-order valence-electron chi connectivity index (χ1n) is 9.22. The number of carbonyl (C=O) groups excluding carboxylic acids is 3. The van der Waals surface area contributed by atoms with Crippen molar-refractivity contribution in [2.24, 2.45) is 0 Å². The summed E-state index contributed by atoms with van der Waals surface area (Å²) >= 11 is 0. The van der Waals surface area contributed by atoms with Crippen LogP contribution in [0.25, 0.3) is 0 Å². The molecule has 7 nitrogen and oxygen atoms in total. The number of aromatic nitrogens is 1. The second-order valence-electron chi connectivity index (χ2n) is 6.81. The van der Waals surface area contributed by atoms with E-state index in [4.69, 9.17) is 9.47 Å². The minimum atomic E-state index is -1.06. The van der Waals surface area contributed by atoms with Crippen LogP contribution in [0.15, 0.2) is 30.3 Å². The Morgan fingerprint density at radius 1 is 1.11 bits per heavy atom. The van der Waals surface area contributed by atoms with E-state index in [-0.39, 0.29) is 17.4 Å². The van der Waals surface area contributed by atoms with E-state index in [0.29, 0.717) is 48.7 Å². The lowest BCUT2D eigenvalue weighted by Crippen LogP contribution is -2.44. The molecule has 148 valence electrons. The van der Waals surface area contributed by atoms with E-state index in [2.05, 4.69) is 4.98 Å². The van der Waals surface area contributed by atoms with E-state index < -0.39 is 12.1 Å². The summed E-state index contributed by atoms with van der Waals surface area (Å²) in [6, 6.07) is 8.93. The van der Waals surface area contributed by atoms with E-state index in [1.807, 2.05) is 6.07 Å².